The molecule has 0 heterocycles. The van der Waals surface area contributed by atoms with E-state index in [1.54, 1.807) is 24.3 Å². The highest BCUT2D eigenvalue weighted by atomic mass is 19.3. The first-order chi connectivity index (χ1) is 19.2. The van der Waals surface area contributed by atoms with Crippen LogP contribution in [0.3, 0.4) is 0 Å². The van der Waals surface area contributed by atoms with Crippen molar-refractivity contribution in [3.8, 4) is 11.5 Å². The molecule has 3 aromatic carbocycles. The molecule has 0 saturated heterocycles. The van der Waals surface area contributed by atoms with Crippen molar-refractivity contribution in [3.05, 3.63) is 95.1 Å². The minimum absolute atomic E-state index is 0.0115. The van der Waals surface area contributed by atoms with E-state index in [1.165, 1.54) is 56.4 Å². The Bertz CT molecular complexity index is 1110. The molecule has 0 atom stereocenters. The Morgan fingerprint density at radius 1 is 0.450 bits per heavy atom. The SMILES string of the molecule is CCCCCCCCCc1ccc(OC(F)(F)c2ccc(C(F)(F)Oc3ccc(CCCCC)cc3)cc2)cc1. The van der Waals surface area contributed by atoms with Gasteiger partial charge in [-0.3, -0.25) is 0 Å². The first-order valence-electron chi connectivity index (χ1n) is 14.7. The standard InChI is InChI=1S/C34H42F4O2/c1-3-5-7-8-9-10-12-14-28-17-25-32(26-18-28)40-34(37,38)30-21-19-29(20-22-30)33(35,36)39-31-23-15-27(16-24-31)13-11-6-4-2/h15-26H,3-14H2,1-2H3. The van der Waals surface area contributed by atoms with Crippen LogP contribution in [0.5, 0.6) is 11.5 Å². The zero-order chi connectivity index (χ0) is 28.8. The third kappa shape index (κ3) is 10.2. The summed E-state index contributed by atoms with van der Waals surface area (Å²) in [5.74, 6) is 0.0293. The van der Waals surface area contributed by atoms with E-state index in [4.69, 9.17) is 9.47 Å². The van der Waals surface area contributed by atoms with Gasteiger partial charge in [-0.2, -0.15) is 17.6 Å². The lowest BCUT2D eigenvalue weighted by molar-refractivity contribution is -0.188. The maximum atomic E-state index is 14.8. The number of hydrogen-bond acceptors (Lipinski definition) is 2. The van der Waals surface area contributed by atoms with Gasteiger partial charge in [0.15, 0.2) is 0 Å². The van der Waals surface area contributed by atoms with Crippen LogP contribution in [0.1, 0.15) is 100 Å². The summed E-state index contributed by atoms with van der Waals surface area (Å²) in [6.45, 7) is 4.32. The van der Waals surface area contributed by atoms with E-state index in [-0.39, 0.29) is 11.5 Å². The Hall–Kier alpha value is -3.02. The van der Waals surface area contributed by atoms with Gasteiger partial charge in [0.05, 0.1) is 11.1 Å². The van der Waals surface area contributed by atoms with Crippen LogP contribution >= 0.6 is 0 Å². The van der Waals surface area contributed by atoms with Gasteiger partial charge < -0.3 is 9.47 Å². The molecule has 0 saturated carbocycles. The molecule has 40 heavy (non-hydrogen) atoms. The van der Waals surface area contributed by atoms with Crippen LogP contribution in [-0.4, -0.2) is 0 Å². The Labute approximate surface area is 236 Å². The van der Waals surface area contributed by atoms with E-state index in [9.17, 15) is 17.6 Å². The lowest BCUT2D eigenvalue weighted by Gasteiger charge is -2.21. The molecule has 218 valence electrons. The lowest BCUT2D eigenvalue weighted by atomic mass is 10.0. The first-order valence-corrected chi connectivity index (χ1v) is 14.7. The van der Waals surface area contributed by atoms with Crippen molar-refractivity contribution in [1.82, 2.24) is 0 Å². The van der Waals surface area contributed by atoms with Crippen LogP contribution in [0.25, 0.3) is 0 Å². The molecule has 0 spiro atoms. The van der Waals surface area contributed by atoms with Crippen LogP contribution < -0.4 is 9.47 Å². The predicted octanol–water partition coefficient (Wildman–Crippen LogP) is 11.0. The first kappa shape index (κ1) is 31.5. The molecule has 0 aliphatic carbocycles. The molecule has 0 amide bonds. The normalized spacial score (nSPS) is 11.9. The number of unbranched alkanes of at least 4 members (excludes halogenated alkanes) is 8. The van der Waals surface area contributed by atoms with Crippen molar-refractivity contribution < 1.29 is 27.0 Å². The zero-order valence-electron chi connectivity index (χ0n) is 23.7. The highest BCUT2D eigenvalue weighted by Crippen LogP contribution is 2.36. The van der Waals surface area contributed by atoms with Gasteiger partial charge in [0.25, 0.3) is 0 Å². The third-order valence-electron chi connectivity index (χ3n) is 7.03. The Morgan fingerprint density at radius 3 is 1.18 bits per heavy atom. The maximum Gasteiger partial charge on any atom is 0.426 e. The van der Waals surface area contributed by atoms with Crippen LogP contribution in [0, 0.1) is 0 Å². The Balaban J connectivity index is 1.51. The second-order valence-corrected chi connectivity index (χ2v) is 10.4. The monoisotopic (exact) mass is 558 g/mol. The number of rotatable bonds is 18. The Morgan fingerprint density at radius 2 is 0.775 bits per heavy atom. The summed E-state index contributed by atoms with van der Waals surface area (Å²) in [5.41, 5.74) is 1.09. The fourth-order valence-electron chi connectivity index (χ4n) is 4.59. The van der Waals surface area contributed by atoms with Crippen molar-refractivity contribution in [2.75, 3.05) is 0 Å². The summed E-state index contributed by atoms with van der Waals surface area (Å²) >= 11 is 0. The molecular formula is C34H42F4O2. The summed E-state index contributed by atoms with van der Waals surface area (Å²) in [4.78, 5) is 0. The number of aryl methyl sites for hydroxylation is 2. The van der Waals surface area contributed by atoms with Crippen molar-refractivity contribution in [3.63, 3.8) is 0 Å². The average molecular weight is 559 g/mol. The summed E-state index contributed by atoms with van der Waals surface area (Å²) in [7, 11) is 0. The molecule has 0 radical (unpaired) electrons. The highest BCUT2D eigenvalue weighted by molar-refractivity contribution is 5.32. The topological polar surface area (TPSA) is 18.5 Å². The molecule has 0 N–H and O–H groups in total. The van der Waals surface area contributed by atoms with E-state index in [0.717, 1.165) is 80.3 Å². The molecule has 3 aromatic rings. The van der Waals surface area contributed by atoms with Gasteiger partial charge in [0.2, 0.25) is 0 Å². The number of ether oxygens (including phenoxy) is 2. The molecule has 6 heteroatoms. The van der Waals surface area contributed by atoms with Gasteiger partial charge in [-0.15, -0.1) is 0 Å². The lowest BCUT2D eigenvalue weighted by Crippen LogP contribution is -2.24. The van der Waals surface area contributed by atoms with Crippen molar-refractivity contribution in [1.29, 1.82) is 0 Å². The van der Waals surface area contributed by atoms with Gasteiger partial charge in [0.1, 0.15) is 11.5 Å². The number of benzene rings is 3. The van der Waals surface area contributed by atoms with Crippen LogP contribution in [-0.2, 0) is 25.1 Å². The van der Waals surface area contributed by atoms with Gasteiger partial charge >= 0.3 is 12.2 Å². The molecular weight excluding hydrogens is 516 g/mol. The molecule has 3 rings (SSSR count). The van der Waals surface area contributed by atoms with Gasteiger partial charge in [-0.05, 0) is 85.3 Å². The van der Waals surface area contributed by atoms with Crippen LogP contribution in [0.2, 0.25) is 0 Å². The van der Waals surface area contributed by atoms with Crippen molar-refractivity contribution >= 4 is 0 Å². The quantitative estimate of drug-likeness (QED) is 0.114. The van der Waals surface area contributed by atoms with E-state index in [0.29, 0.717) is 0 Å². The summed E-state index contributed by atoms with van der Waals surface area (Å²) in [5, 5.41) is 0. The van der Waals surface area contributed by atoms with Crippen molar-refractivity contribution in [2.45, 2.75) is 103 Å². The number of alkyl halides is 4. The van der Waals surface area contributed by atoms with Crippen LogP contribution in [0.4, 0.5) is 17.6 Å². The number of hydrogen-bond donors (Lipinski definition) is 0. The van der Waals surface area contributed by atoms with E-state index >= 15 is 0 Å². The van der Waals surface area contributed by atoms with E-state index in [1.807, 2.05) is 0 Å². The van der Waals surface area contributed by atoms with E-state index < -0.39 is 23.3 Å². The van der Waals surface area contributed by atoms with Gasteiger partial charge in [-0.25, -0.2) is 0 Å². The summed E-state index contributed by atoms with van der Waals surface area (Å²) < 4.78 is 68.9. The molecule has 2 nitrogen and oxygen atoms in total. The fourth-order valence-corrected chi connectivity index (χ4v) is 4.59. The summed E-state index contributed by atoms with van der Waals surface area (Å²) in [6, 6.07) is 16.9. The predicted molar refractivity (Wildman–Crippen MR) is 153 cm³/mol. The molecule has 0 aliphatic heterocycles. The third-order valence-corrected chi connectivity index (χ3v) is 7.03. The maximum absolute atomic E-state index is 14.8. The van der Waals surface area contributed by atoms with Gasteiger partial charge in [-0.1, -0.05) is 89.5 Å². The van der Waals surface area contributed by atoms with E-state index in [2.05, 4.69) is 13.8 Å². The summed E-state index contributed by atoms with van der Waals surface area (Å²) in [6.07, 6.45) is 6.18. The smallest absolute Gasteiger partial charge is 0.426 e. The minimum atomic E-state index is -3.68. The molecule has 0 unspecified atom stereocenters. The zero-order valence-corrected chi connectivity index (χ0v) is 23.7. The highest BCUT2D eigenvalue weighted by Gasteiger charge is 2.38. The van der Waals surface area contributed by atoms with Gasteiger partial charge in [0, 0.05) is 0 Å². The second-order valence-electron chi connectivity index (χ2n) is 10.4. The van der Waals surface area contributed by atoms with Crippen LogP contribution in [0.15, 0.2) is 72.8 Å². The van der Waals surface area contributed by atoms with Crippen molar-refractivity contribution in [2.24, 2.45) is 0 Å². The largest absolute Gasteiger partial charge is 0.429 e. The average Bonchev–Trinajstić information content (AvgIpc) is 2.94. The Kier molecular flexibility index (Phi) is 12.4. The molecule has 0 bridgehead atoms. The molecule has 0 aliphatic rings. The fraction of sp³-hybridized carbons (Fsp3) is 0.471. The molecule has 0 aromatic heterocycles. The molecule has 0 fully saturated rings. The number of halogens is 4. The minimum Gasteiger partial charge on any atom is -0.429 e. The second kappa shape index (κ2) is 15.7.